The summed E-state index contributed by atoms with van der Waals surface area (Å²) in [4.78, 5) is 4.24. The Balaban J connectivity index is 2.21. The number of nitrogens with zero attached hydrogens (tertiary/aromatic N) is 3. The van der Waals surface area contributed by atoms with E-state index in [2.05, 4.69) is 15.2 Å². The van der Waals surface area contributed by atoms with Gasteiger partial charge in [-0.2, -0.15) is 0 Å². The fourth-order valence-corrected chi connectivity index (χ4v) is 2.15. The molecule has 0 saturated carbocycles. The molecule has 3 aromatic rings. The molecule has 2 aromatic carbocycles. The van der Waals surface area contributed by atoms with E-state index in [4.69, 9.17) is 17.3 Å². The van der Waals surface area contributed by atoms with Crippen molar-refractivity contribution in [1.82, 2.24) is 15.2 Å². The Hall–Kier alpha value is -2.53. The van der Waals surface area contributed by atoms with Crippen molar-refractivity contribution >= 4 is 17.5 Å². The third-order valence-electron chi connectivity index (χ3n) is 2.94. The number of hydrogen-bond donors (Lipinski definition) is 1. The molecule has 0 spiro atoms. The summed E-state index contributed by atoms with van der Waals surface area (Å²) in [5.41, 5.74) is 8.17. The second-order valence-electron chi connectivity index (χ2n) is 4.36. The first-order valence-electron chi connectivity index (χ1n) is 6.16. The van der Waals surface area contributed by atoms with Gasteiger partial charge in [0.05, 0.1) is 5.02 Å². The average molecular weight is 301 g/mol. The second kappa shape index (κ2) is 5.46. The number of nitrogen functional groups attached to an aromatic ring is 1. The van der Waals surface area contributed by atoms with E-state index in [0.717, 1.165) is 5.56 Å². The van der Waals surface area contributed by atoms with Gasteiger partial charge in [0, 0.05) is 11.1 Å². The normalized spacial score (nSPS) is 10.6. The lowest BCUT2D eigenvalue weighted by molar-refractivity contribution is 0.628. The highest BCUT2D eigenvalue weighted by Gasteiger charge is 2.13. The molecule has 0 aliphatic rings. The first-order chi connectivity index (χ1) is 10.1. The SMILES string of the molecule is Nc1nnc(-c2ccc(F)c(Cl)c2)c(-c2ccccc2)n1. The predicted molar refractivity (Wildman–Crippen MR) is 80.1 cm³/mol. The van der Waals surface area contributed by atoms with E-state index in [-0.39, 0.29) is 11.0 Å². The third kappa shape index (κ3) is 2.68. The first-order valence-corrected chi connectivity index (χ1v) is 6.54. The summed E-state index contributed by atoms with van der Waals surface area (Å²) < 4.78 is 13.3. The number of anilines is 1. The van der Waals surface area contributed by atoms with Crippen molar-refractivity contribution < 1.29 is 4.39 Å². The van der Waals surface area contributed by atoms with Gasteiger partial charge in [0.2, 0.25) is 5.95 Å². The maximum atomic E-state index is 13.3. The molecule has 0 bridgehead atoms. The van der Waals surface area contributed by atoms with Crippen LogP contribution in [0.4, 0.5) is 10.3 Å². The van der Waals surface area contributed by atoms with Gasteiger partial charge in [0.1, 0.15) is 17.2 Å². The Morgan fingerprint density at radius 2 is 1.67 bits per heavy atom. The number of halogens is 2. The lowest BCUT2D eigenvalue weighted by Crippen LogP contribution is -2.02. The van der Waals surface area contributed by atoms with Gasteiger partial charge in [0.15, 0.2) is 0 Å². The Morgan fingerprint density at radius 1 is 0.905 bits per heavy atom. The van der Waals surface area contributed by atoms with E-state index < -0.39 is 5.82 Å². The summed E-state index contributed by atoms with van der Waals surface area (Å²) in [7, 11) is 0. The standard InChI is InChI=1S/C15H10ClFN4/c16-11-8-10(6-7-12(11)17)14-13(19-15(18)21-20-14)9-4-2-1-3-5-9/h1-8H,(H2,18,19,21). The zero-order chi connectivity index (χ0) is 14.8. The van der Waals surface area contributed by atoms with E-state index in [9.17, 15) is 4.39 Å². The fraction of sp³-hybridized carbons (Fsp3) is 0. The van der Waals surface area contributed by atoms with Crippen LogP contribution in [0.3, 0.4) is 0 Å². The molecule has 0 amide bonds. The summed E-state index contributed by atoms with van der Waals surface area (Å²) in [6, 6.07) is 13.8. The predicted octanol–water partition coefficient (Wildman–Crippen LogP) is 3.58. The lowest BCUT2D eigenvalue weighted by Gasteiger charge is -2.08. The van der Waals surface area contributed by atoms with Crippen molar-refractivity contribution in [3.8, 4) is 22.5 Å². The molecule has 0 atom stereocenters. The molecule has 2 N–H and O–H groups in total. The minimum Gasteiger partial charge on any atom is -0.366 e. The van der Waals surface area contributed by atoms with Crippen LogP contribution in [-0.4, -0.2) is 15.2 Å². The molecule has 0 fully saturated rings. The molecule has 4 nitrogen and oxygen atoms in total. The van der Waals surface area contributed by atoms with Crippen LogP contribution in [0.2, 0.25) is 5.02 Å². The molecule has 0 unspecified atom stereocenters. The van der Waals surface area contributed by atoms with Gasteiger partial charge in [-0.05, 0) is 18.2 Å². The quantitative estimate of drug-likeness (QED) is 0.785. The van der Waals surface area contributed by atoms with E-state index >= 15 is 0 Å². The van der Waals surface area contributed by atoms with Crippen LogP contribution in [0.15, 0.2) is 48.5 Å². The Kier molecular flexibility index (Phi) is 3.50. The highest BCUT2D eigenvalue weighted by Crippen LogP contribution is 2.30. The van der Waals surface area contributed by atoms with E-state index in [1.807, 2.05) is 30.3 Å². The van der Waals surface area contributed by atoms with E-state index in [1.165, 1.54) is 12.1 Å². The van der Waals surface area contributed by atoms with Gasteiger partial charge in [0.25, 0.3) is 0 Å². The maximum absolute atomic E-state index is 13.3. The topological polar surface area (TPSA) is 64.7 Å². The smallest absolute Gasteiger partial charge is 0.240 e. The molecule has 0 aliphatic heterocycles. The zero-order valence-corrected chi connectivity index (χ0v) is 11.5. The Labute approximate surface area is 125 Å². The molecule has 1 heterocycles. The van der Waals surface area contributed by atoms with Crippen molar-refractivity contribution in [1.29, 1.82) is 0 Å². The van der Waals surface area contributed by atoms with Gasteiger partial charge >= 0.3 is 0 Å². The summed E-state index contributed by atoms with van der Waals surface area (Å²) in [5, 5.41) is 7.87. The summed E-state index contributed by atoms with van der Waals surface area (Å²) in [6.45, 7) is 0. The number of aromatic nitrogens is 3. The Bertz CT molecular complexity index is 793. The average Bonchev–Trinajstić information content (AvgIpc) is 2.51. The van der Waals surface area contributed by atoms with E-state index in [0.29, 0.717) is 17.0 Å². The second-order valence-corrected chi connectivity index (χ2v) is 4.77. The van der Waals surface area contributed by atoms with Crippen LogP contribution in [0.25, 0.3) is 22.5 Å². The molecule has 0 radical (unpaired) electrons. The molecule has 3 rings (SSSR count). The van der Waals surface area contributed by atoms with Crippen molar-refractivity contribution in [2.45, 2.75) is 0 Å². The molecule has 104 valence electrons. The van der Waals surface area contributed by atoms with Crippen molar-refractivity contribution in [3.05, 3.63) is 59.4 Å². The minimum atomic E-state index is -0.488. The van der Waals surface area contributed by atoms with E-state index in [1.54, 1.807) is 6.07 Å². The van der Waals surface area contributed by atoms with Gasteiger partial charge in [-0.3, -0.25) is 0 Å². The highest BCUT2D eigenvalue weighted by molar-refractivity contribution is 6.31. The Morgan fingerprint density at radius 3 is 2.38 bits per heavy atom. The molecule has 6 heteroatoms. The van der Waals surface area contributed by atoms with Crippen LogP contribution in [0.1, 0.15) is 0 Å². The fourth-order valence-electron chi connectivity index (χ4n) is 1.97. The number of nitrogens with two attached hydrogens (primary N) is 1. The minimum absolute atomic E-state index is 0.0186. The van der Waals surface area contributed by atoms with Gasteiger partial charge < -0.3 is 5.73 Å². The number of benzene rings is 2. The maximum Gasteiger partial charge on any atom is 0.240 e. The third-order valence-corrected chi connectivity index (χ3v) is 3.23. The van der Waals surface area contributed by atoms with Crippen molar-refractivity contribution in [2.75, 3.05) is 5.73 Å². The first kappa shape index (κ1) is 13.5. The molecular formula is C15H10ClFN4. The molecule has 0 aliphatic carbocycles. The zero-order valence-electron chi connectivity index (χ0n) is 10.8. The summed E-state index contributed by atoms with van der Waals surface area (Å²) in [5.74, 6) is -0.413. The molecular weight excluding hydrogens is 291 g/mol. The number of hydrogen-bond acceptors (Lipinski definition) is 4. The van der Waals surface area contributed by atoms with Crippen molar-refractivity contribution in [3.63, 3.8) is 0 Å². The molecule has 21 heavy (non-hydrogen) atoms. The van der Waals surface area contributed by atoms with Crippen LogP contribution >= 0.6 is 11.6 Å². The van der Waals surface area contributed by atoms with Crippen LogP contribution in [0.5, 0.6) is 0 Å². The van der Waals surface area contributed by atoms with Crippen LogP contribution in [-0.2, 0) is 0 Å². The summed E-state index contributed by atoms with van der Waals surface area (Å²) >= 11 is 5.83. The molecule has 0 saturated heterocycles. The molecule has 1 aromatic heterocycles. The van der Waals surface area contributed by atoms with Gasteiger partial charge in [-0.15, -0.1) is 10.2 Å². The van der Waals surface area contributed by atoms with Gasteiger partial charge in [-0.1, -0.05) is 41.9 Å². The van der Waals surface area contributed by atoms with Crippen LogP contribution < -0.4 is 5.73 Å². The lowest BCUT2D eigenvalue weighted by atomic mass is 10.0. The monoisotopic (exact) mass is 300 g/mol. The highest BCUT2D eigenvalue weighted by atomic mass is 35.5. The largest absolute Gasteiger partial charge is 0.366 e. The van der Waals surface area contributed by atoms with Crippen molar-refractivity contribution in [2.24, 2.45) is 0 Å². The summed E-state index contributed by atoms with van der Waals surface area (Å²) in [6.07, 6.45) is 0. The van der Waals surface area contributed by atoms with Crippen LogP contribution in [0, 0.1) is 5.82 Å². The number of rotatable bonds is 2. The van der Waals surface area contributed by atoms with Gasteiger partial charge in [-0.25, -0.2) is 9.37 Å².